The van der Waals surface area contributed by atoms with Gasteiger partial charge >= 0.3 is 0 Å². The molecule has 0 saturated heterocycles. The summed E-state index contributed by atoms with van der Waals surface area (Å²) in [7, 11) is 1.59. The second-order valence-electron chi connectivity index (χ2n) is 8.20. The quantitative estimate of drug-likeness (QED) is 0.339. The Labute approximate surface area is 208 Å². The zero-order chi connectivity index (χ0) is 24.8. The zero-order valence-corrected chi connectivity index (χ0v) is 20.8. The summed E-state index contributed by atoms with van der Waals surface area (Å²) in [5.74, 6) is 0.366. The normalized spacial score (nSPS) is 11.0. The molecule has 2 amide bonds. The number of methoxy groups -OCH3 is 1. The first-order valence-electron chi connectivity index (χ1n) is 11.4. The van der Waals surface area contributed by atoms with E-state index >= 15 is 0 Å². The Morgan fingerprint density at radius 1 is 0.914 bits per heavy atom. The van der Waals surface area contributed by atoms with E-state index in [-0.39, 0.29) is 24.9 Å². The fourth-order valence-electron chi connectivity index (χ4n) is 3.61. The van der Waals surface area contributed by atoms with Crippen LogP contribution in [0.2, 0.25) is 0 Å². The van der Waals surface area contributed by atoms with Crippen LogP contribution in [0.15, 0.2) is 66.7 Å². The van der Waals surface area contributed by atoms with Gasteiger partial charge in [0.05, 0.1) is 30.4 Å². The van der Waals surface area contributed by atoms with E-state index in [0.29, 0.717) is 17.9 Å². The number of hydrogen-bond acceptors (Lipinski definition) is 6. The number of anilines is 2. The zero-order valence-electron chi connectivity index (χ0n) is 20.0. The Bertz CT molecular complexity index is 1320. The molecule has 1 heterocycles. The van der Waals surface area contributed by atoms with Crippen LogP contribution in [-0.4, -0.2) is 48.4 Å². The van der Waals surface area contributed by atoms with Gasteiger partial charge in [-0.15, -0.1) is 11.3 Å². The lowest BCUT2D eigenvalue weighted by molar-refractivity contribution is -0.119. The molecule has 7 nitrogen and oxygen atoms in total. The van der Waals surface area contributed by atoms with Crippen LogP contribution in [0, 0.1) is 6.92 Å². The van der Waals surface area contributed by atoms with Gasteiger partial charge in [-0.25, -0.2) is 4.98 Å². The number of nitrogens with zero attached hydrogens (tertiary/aromatic N) is 2. The van der Waals surface area contributed by atoms with E-state index in [9.17, 15) is 9.59 Å². The minimum atomic E-state index is -0.180. The lowest BCUT2D eigenvalue weighted by Gasteiger charge is -2.19. The molecule has 1 aromatic heterocycles. The summed E-state index contributed by atoms with van der Waals surface area (Å²) in [6.07, 6.45) is 0. The van der Waals surface area contributed by atoms with Crippen molar-refractivity contribution in [3.63, 3.8) is 0 Å². The standard InChI is InChI=1S/C27H28N4O3S/c1-4-31(17-26(33)29-21-10-12-22(34-3)13-11-21)16-25(32)28-20-8-6-19(7-9-20)27-30-23-14-5-18(2)15-24(23)35-27/h5-15H,4,16-17H2,1-3H3,(H,28,32)(H,29,33). The molecule has 35 heavy (non-hydrogen) atoms. The first-order chi connectivity index (χ1) is 16.9. The van der Waals surface area contributed by atoms with Crippen LogP contribution < -0.4 is 15.4 Å². The van der Waals surface area contributed by atoms with Gasteiger partial charge in [0.2, 0.25) is 11.8 Å². The second kappa shape index (κ2) is 11.1. The topological polar surface area (TPSA) is 83.6 Å². The number of nitrogens with one attached hydrogen (secondary N) is 2. The van der Waals surface area contributed by atoms with Crippen molar-refractivity contribution in [1.29, 1.82) is 0 Å². The van der Waals surface area contributed by atoms with E-state index in [4.69, 9.17) is 9.72 Å². The molecule has 0 saturated carbocycles. The molecule has 0 radical (unpaired) electrons. The highest BCUT2D eigenvalue weighted by molar-refractivity contribution is 7.21. The number of likely N-dealkylation sites (N-methyl/N-ethyl adjacent to an activating group) is 1. The Morgan fingerprint density at radius 3 is 2.09 bits per heavy atom. The molecule has 0 bridgehead atoms. The summed E-state index contributed by atoms with van der Waals surface area (Å²) in [6.45, 7) is 4.79. The van der Waals surface area contributed by atoms with Crippen molar-refractivity contribution in [2.75, 3.05) is 37.4 Å². The first kappa shape index (κ1) is 24.4. The summed E-state index contributed by atoms with van der Waals surface area (Å²) in [4.78, 5) is 31.5. The van der Waals surface area contributed by atoms with E-state index < -0.39 is 0 Å². The lowest BCUT2D eigenvalue weighted by Crippen LogP contribution is -2.38. The van der Waals surface area contributed by atoms with Crippen LogP contribution in [0.5, 0.6) is 5.75 Å². The van der Waals surface area contributed by atoms with Gasteiger partial charge in [-0.05, 0) is 79.7 Å². The van der Waals surface area contributed by atoms with Gasteiger partial charge < -0.3 is 15.4 Å². The highest BCUT2D eigenvalue weighted by Gasteiger charge is 2.14. The third-order valence-corrected chi connectivity index (χ3v) is 6.58. The SMILES string of the molecule is CCN(CC(=O)Nc1ccc(OC)cc1)CC(=O)Nc1ccc(-c2nc3ccc(C)cc3s2)cc1. The molecule has 180 valence electrons. The van der Waals surface area contributed by atoms with Gasteiger partial charge in [0.15, 0.2) is 0 Å². The number of aryl methyl sites for hydroxylation is 1. The van der Waals surface area contributed by atoms with Crippen LogP contribution in [0.3, 0.4) is 0 Å². The smallest absolute Gasteiger partial charge is 0.238 e. The van der Waals surface area contributed by atoms with Crippen LogP contribution in [0.1, 0.15) is 12.5 Å². The second-order valence-corrected chi connectivity index (χ2v) is 9.23. The minimum absolute atomic E-state index is 0.117. The molecular formula is C27H28N4O3S. The van der Waals surface area contributed by atoms with Crippen LogP contribution in [-0.2, 0) is 9.59 Å². The van der Waals surface area contributed by atoms with Gasteiger partial charge in [0.1, 0.15) is 10.8 Å². The molecule has 4 aromatic rings. The summed E-state index contributed by atoms with van der Waals surface area (Å²) >= 11 is 1.65. The Morgan fingerprint density at radius 2 is 1.51 bits per heavy atom. The van der Waals surface area contributed by atoms with Gasteiger partial charge in [-0.1, -0.05) is 13.0 Å². The maximum absolute atomic E-state index is 12.6. The molecule has 0 aliphatic carbocycles. The Hall–Kier alpha value is -3.75. The van der Waals surface area contributed by atoms with Crippen molar-refractivity contribution >= 4 is 44.7 Å². The van der Waals surface area contributed by atoms with E-state index in [2.05, 4.69) is 29.7 Å². The molecule has 4 rings (SSSR count). The number of amides is 2. The molecule has 0 unspecified atom stereocenters. The molecule has 0 aliphatic heterocycles. The molecule has 8 heteroatoms. The summed E-state index contributed by atoms with van der Waals surface area (Å²) in [5, 5.41) is 6.70. The molecule has 3 aromatic carbocycles. The van der Waals surface area contributed by atoms with Crippen molar-refractivity contribution < 1.29 is 14.3 Å². The number of carbonyl (C=O) groups excluding carboxylic acids is 2. The fourth-order valence-corrected chi connectivity index (χ4v) is 4.68. The minimum Gasteiger partial charge on any atom is -0.497 e. The van der Waals surface area contributed by atoms with Gasteiger partial charge in [0, 0.05) is 16.9 Å². The number of ether oxygens (including phenoxy) is 1. The average molecular weight is 489 g/mol. The lowest BCUT2D eigenvalue weighted by atomic mass is 10.2. The predicted molar refractivity (Wildman–Crippen MR) is 142 cm³/mol. The van der Waals surface area contributed by atoms with Crippen molar-refractivity contribution in [2.45, 2.75) is 13.8 Å². The van der Waals surface area contributed by atoms with Crippen molar-refractivity contribution in [1.82, 2.24) is 9.88 Å². The Balaban J connectivity index is 1.31. The van der Waals surface area contributed by atoms with E-state index in [1.807, 2.05) is 37.3 Å². The fraction of sp³-hybridized carbons (Fsp3) is 0.222. The highest BCUT2D eigenvalue weighted by Crippen LogP contribution is 2.31. The number of hydrogen-bond donors (Lipinski definition) is 2. The van der Waals surface area contributed by atoms with Crippen LogP contribution in [0.4, 0.5) is 11.4 Å². The number of rotatable bonds is 9. The highest BCUT2D eigenvalue weighted by atomic mass is 32.1. The maximum atomic E-state index is 12.6. The number of thiazole rings is 1. The van der Waals surface area contributed by atoms with Gasteiger partial charge in [0.25, 0.3) is 0 Å². The number of carbonyl (C=O) groups is 2. The molecule has 2 N–H and O–H groups in total. The molecule has 0 fully saturated rings. The summed E-state index contributed by atoms with van der Waals surface area (Å²) < 4.78 is 6.29. The third kappa shape index (κ3) is 6.44. The summed E-state index contributed by atoms with van der Waals surface area (Å²) in [5.41, 5.74) is 4.59. The predicted octanol–water partition coefficient (Wildman–Crippen LogP) is 5.18. The average Bonchev–Trinajstić information content (AvgIpc) is 3.27. The molecule has 0 atom stereocenters. The Kier molecular flexibility index (Phi) is 7.74. The van der Waals surface area contributed by atoms with E-state index in [1.165, 1.54) is 5.56 Å². The monoisotopic (exact) mass is 488 g/mol. The van der Waals surface area contributed by atoms with Crippen LogP contribution in [0.25, 0.3) is 20.8 Å². The molecule has 0 aliphatic rings. The maximum Gasteiger partial charge on any atom is 0.238 e. The third-order valence-electron chi connectivity index (χ3n) is 5.51. The van der Waals surface area contributed by atoms with Gasteiger partial charge in [-0.3, -0.25) is 14.5 Å². The van der Waals surface area contributed by atoms with Gasteiger partial charge in [-0.2, -0.15) is 0 Å². The van der Waals surface area contributed by atoms with Crippen LogP contribution >= 0.6 is 11.3 Å². The number of benzene rings is 3. The first-order valence-corrected chi connectivity index (χ1v) is 12.2. The molecular weight excluding hydrogens is 460 g/mol. The molecule has 0 spiro atoms. The largest absolute Gasteiger partial charge is 0.497 e. The summed E-state index contributed by atoms with van der Waals surface area (Å²) in [6, 6.07) is 21.0. The number of aromatic nitrogens is 1. The van der Waals surface area contributed by atoms with E-state index in [0.717, 1.165) is 26.5 Å². The van der Waals surface area contributed by atoms with Crippen molar-refractivity contribution in [3.05, 3.63) is 72.3 Å². The van der Waals surface area contributed by atoms with Crippen molar-refractivity contribution in [2.24, 2.45) is 0 Å². The number of fused-ring (bicyclic) bond motifs is 1. The van der Waals surface area contributed by atoms with Crippen molar-refractivity contribution in [3.8, 4) is 16.3 Å². The van der Waals surface area contributed by atoms with E-state index in [1.54, 1.807) is 47.6 Å².